The summed E-state index contributed by atoms with van der Waals surface area (Å²) in [5, 5.41) is 5.47. The molecule has 1 aromatic carbocycles. The lowest BCUT2D eigenvalue weighted by molar-refractivity contribution is -0.136. The number of ether oxygens (including phenoxy) is 1. The van der Waals surface area contributed by atoms with Gasteiger partial charge in [-0.1, -0.05) is 6.42 Å². The Balaban J connectivity index is 0.000000195. The van der Waals surface area contributed by atoms with Crippen LogP contribution >= 0.6 is 0 Å². The van der Waals surface area contributed by atoms with Gasteiger partial charge in [-0.25, -0.2) is 8.78 Å². The van der Waals surface area contributed by atoms with Crippen LogP contribution in [0.1, 0.15) is 73.7 Å². The van der Waals surface area contributed by atoms with Crippen LogP contribution in [0.2, 0.25) is 0 Å². The summed E-state index contributed by atoms with van der Waals surface area (Å²) < 4.78 is 31.5. The number of carbonyl (C=O) groups is 3. The number of nitrogens with zero attached hydrogens (tertiary/aromatic N) is 2. The summed E-state index contributed by atoms with van der Waals surface area (Å²) in [6.45, 7) is 3.48. The van der Waals surface area contributed by atoms with Crippen molar-refractivity contribution in [2.75, 3.05) is 26.2 Å². The maximum atomic E-state index is 12.7. The Morgan fingerprint density at radius 1 is 0.973 bits per heavy atom. The van der Waals surface area contributed by atoms with E-state index in [1.54, 1.807) is 11.0 Å². The van der Waals surface area contributed by atoms with Gasteiger partial charge in [0.2, 0.25) is 11.8 Å². The number of amides is 3. The van der Waals surface area contributed by atoms with E-state index in [1.165, 1.54) is 19.3 Å². The molecule has 4 fully saturated rings. The topological polar surface area (TPSA) is 91.0 Å². The van der Waals surface area contributed by atoms with Crippen molar-refractivity contribution in [1.82, 2.24) is 20.4 Å². The molecule has 6 rings (SSSR count). The molecule has 0 aromatic heterocycles. The van der Waals surface area contributed by atoms with Crippen LogP contribution in [0.15, 0.2) is 18.2 Å². The van der Waals surface area contributed by atoms with Gasteiger partial charge in [-0.3, -0.25) is 24.6 Å². The van der Waals surface area contributed by atoms with Gasteiger partial charge >= 0.3 is 0 Å². The van der Waals surface area contributed by atoms with Gasteiger partial charge in [-0.05, 0) is 55.9 Å². The van der Waals surface area contributed by atoms with Crippen molar-refractivity contribution in [3.05, 3.63) is 29.3 Å². The fourth-order valence-electron chi connectivity index (χ4n) is 5.75. The summed E-state index contributed by atoms with van der Waals surface area (Å²) in [6, 6.07) is 5.52. The molecule has 37 heavy (non-hydrogen) atoms. The molecular formula is C27H36F2N4O4. The van der Waals surface area contributed by atoms with Crippen LogP contribution < -0.4 is 15.4 Å². The van der Waals surface area contributed by atoms with Crippen LogP contribution in [-0.4, -0.2) is 77.8 Å². The van der Waals surface area contributed by atoms with E-state index in [9.17, 15) is 23.2 Å². The summed E-state index contributed by atoms with van der Waals surface area (Å²) in [5.41, 5.74) is 1.52. The van der Waals surface area contributed by atoms with Crippen LogP contribution in [0.4, 0.5) is 8.78 Å². The van der Waals surface area contributed by atoms with Gasteiger partial charge in [0, 0.05) is 63.6 Å². The maximum Gasteiger partial charge on any atom is 0.255 e. The van der Waals surface area contributed by atoms with Crippen molar-refractivity contribution >= 4 is 17.7 Å². The number of hydrogen-bond donors (Lipinski definition) is 2. The highest BCUT2D eigenvalue weighted by molar-refractivity contribution is 6.05. The van der Waals surface area contributed by atoms with Crippen molar-refractivity contribution in [2.24, 2.45) is 0 Å². The molecule has 5 aliphatic rings. The Morgan fingerprint density at radius 3 is 2.35 bits per heavy atom. The number of piperidine rings is 2. The predicted octanol–water partition coefficient (Wildman–Crippen LogP) is 2.85. The summed E-state index contributed by atoms with van der Waals surface area (Å²) in [5.74, 6) is -2.39. The molecule has 3 amide bonds. The number of rotatable bonds is 4. The highest BCUT2D eigenvalue weighted by Crippen LogP contribution is 2.32. The molecule has 1 unspecified atom stereocenters. The van der Waals surface area contributed by atoms with E-state index in [-0.39, 0.29) is 43.1 Å². The number of alkyl halides is 2. The van der Waals surface area contributed by atoms with E-state index in [2.05, 4.69) is 15.5 Å². The highest BCUT2D eigenvalue weighted by Gasteiger charge is 2.39. The Labute approximate surface area is 216 Å². The Bertz CT molecular complexity index is 1020. The van der Waals surface area contributed by atoms with Crippen LogP contribution in [-0.2, 0) is 16.1 Å². The molecule has 1 atom stereocenters. The third-order valence-electron chi connectivity index (χ3n) is 8.16. The fraction of sp³-hybridized carbons (Fsp3) is 0.667. The first-order chi connectivity index (χ1) is 17.8. The van der Waals surface area contributed by atoms with Gasteiger partial charge in [0.1, 0.15) is 11.8 Å². The molecule has 0 spiro atoms. The Hall–Kier alpha value is -2.59. The number of nitrogens with one attached hydrogen (secondary N) is 2. The molecular weight excluding hydrogens is 482 g/mol. The lowest BCUT2D eigenvalue weighted by Gasteiger charge is -2.42. The van der Waals surface area contributed by atoms with Gasteiger partial charge in [-0.15, -0.1) is 0 Å². The Morgan fingerprint density at radius 2 is 1.70 bits per heavy atom. The van der Waals surface area contributed by atoms with Crippen molar-refractivity contribution in [2.45, 2.75) is 88.4 Å². The molecule has 0 bridgehead atoms. The molecule has 202 valence electrons. The quantitative estimate of drug-likeness (QED) is 0.596. The predicted molar refractivity (Wildman–Crippen MR) is 132 cm³/mol. The van der Waals surface area contributed by atoms with E-state index >= 15 is 0 Å². The van der Waals surface area contributed by atoms with Crippen LogP contribution in [0, 0.1) is 0 Å². The molecule has 8 nitrogen and oxygen atoms in total. The second-order valence-electron chi connectivity index (χ2n) is 10.8. The minimum Gasteiger partial charge on any atom is -0.490 e. The minimum atomic E-state index is -2.40. The average Bonchev–Trinajstić information content (AvgIpc) is 3.16. The molecule has 4 aliphatic heterocycles. The second kappa shape index (κ2) is 11.0. The molecule has 1 aromatic rings. The van der Waals surface area contributed by atoms with E-state index in [0.717, 1.165) is 37.2 Å². The van der Waals surface area contributed by atoms with E-state index < -0.39 is 12.0 Å². The van der Waals surface area contributed by atoms with Gasteiger partial charge < -0.3 is 15.0 Å². The molecule has 1 saturated carbocycles. The number of carbonyl (C=O) groups excluding carboxylic acids is 3. The van der Waals surface area contributed by atoms with Gasteiger partial charge in [0.05, 0.1) is 6.10 Å². The van der Waals surface area contributed by atoms with Crippen molar-refractivity contribution in [1.29, 1.82) is 0 Å². The van der Waals surface area contributed by atoms with E-state index in [4.69, 9.17) is 4.74 Å². The molecule has 4 heterocycles. The number of imide groups is 1. The van der Waals surface area contributed by atoms with Gasteiger partial charge in [0.25, 0.3) is 11.8 Å². The third kappa shape index (κ3) is 6.12. The SMILES string of the molecule is FC1(F)CCN(C2CNC2)CC1.O=C1CCC(N2Cc3cc(OC4CCCCC4)ccc3C2=O)C(=O)N1. The first-order valence-electron chi connectivity index (χ1n) is 13.6. The van der Waals surface area contributed by atoms with E-state index in [1.807, 2.05) is 12.1 Å². The number of fused-ring (bicyclic) bond motifs is 1. The zero-order chi connectivity index (χ0) is 26.0. The molecule has 1 aliphatic carbocycles. The fourth-order valence-corrected chi connectivity index (χ4v) is 5.75. The largest absolute Gasteiger partial charge is 0.490 e. The molecule has 10 heteroatoms. The number of likely N-dealkylation sites (tertiary alicyclic amines) is 1. The second-order valence-corrected chi connectivity index (χ2v) is 10.8. The number of benzene rings is 1. The first-order valence-corrected chi connectivity index (χ1v) is 13.6. The highest BCUT2D eigenvalue weighted by atomic mass is 19.3. The monoisotopic (exact) mass is 518 g/mol. The van der Waals surface area contributed by atoms with Crippen LogP contribution in [0.3, 0.4) is 0 Å². The maximum absolute atomic E-state index is 12.7. The molecule has 0 radical (unpaired) electrons. The first kappa shape index (κ1) is 26.0. The van der Waals surface area contributed by atoms with Crippen LogP contribution in [0.5, 0.6) is 5.75 Å². The summed E-state index contributed by atoms with van der Waals surface area (Å²) in [6.07, 6.45) is 6.86. The molecule has 3 saturated heterocycles. The molecule has 2 N–H and O–H groups in total. The van der Waals surface area contributed by atoms with E-state index in [0.29, 0.717) is 37.7 Å². The lowest BCUT2D eigenvalue weighted by Crippen LogP contribution is -2.59. The third-order valence-corrected chi connectivity index (χ3v) is 8.16. The zero-order valence-electron chi connectivity index (χ0n) is 21.1. The van der Waals surface area contributed by atoms with Gasteiger partial charge in [-0.2, -0.15) is 0 Å². The van der Waals surface area contributed by atoms with Crippen LogP contribution in [0.25, 0.3) is 0 Å². The Kier molecular flexibility index (Phi) is 7.76. The summed E-state index contributed by atoms with van der Waals surface area (Å²) in [4.78, 5) is 39.8. The van der Waals surface area contributed by atoms with Crippen molar-refractivity contribution < 1.29 is 27.9 Å². The number of hydrogen-bond acceptors (Lipinski definition) is 6. The minimum absolute atomic E-state index is 0.0451. The normalized spacial score (nSPS) is 26.6. The smallest absolute Gasteiger partial charge is 0.255 e. The average molecular weight is 519 g/mol. The van der Waals surface area contributed by atoms with Crippen molar-refractivity contribution in [3.63, 3.8) is 0 Å². The van der Waals surface area contributed by atoms with Gasteiger partial charge in [0.15, 0.2) is 0 Å². The zero-order valence-corrected chi connectivity index (χ0v) is 21.1. The number of halogens is 2. The van der Waals surface area contributed by atoms with Crippen molar-refractivity contribution in [3.8, 4) is 5.75 Å². The summed E-state index contributed by atoms with van der Waals surface area (Å²) >= 11 is 0. The summed E-state index contributed by atoms with van der Waals surface area (Å²) in [7, 11) is 0. The lowest BCUT2D eigenvalue weighted by atomic mass is 9.98. The standard InChI is InChI=1S/C19H22N2O4.C8H14F2N2/c22-17-9-8-16(18(23)20-17)21-11-12-10-14(6-7-15(12)19(21)24)25-13-4-2-1-3-5-13;9-8(10)1-3-12(4-2-8)7-5-11-6-7/h6-7,10,13,16H,1-5,8-9,11H2,(H,20,22,23);7,11H,1-6H2.